The lowest BCUT2D eigenvalue weighted by Gasteiger charge is -2.18. The van der Waals surface area contributed by atoms with Crippen molar-refractivity contribution in [2.24, 2.45) is 0 Å². The van der Waals surface area contributed by atoms with E-state index in [1.54, 1.807) is 0 Å². The molecule has 0 unspecified atom stereocenters. The van der Waals surface area contributed by atoms with Crippen LogP contribution in [0.4, 0.5) is 0 Å². The molecule has 2 aromatic heterocycles. The molecule has 2 heteroatoms. The van der Waals surface area contributed by atoms with Crippen LogP contribution in [-0.2, 0) is 0 Å². The van der Waals surface area contributed by atoms with Crippen molar-refractivity contribution in [2.75, 3.05) is 0 Å². The van der Waals surface area contributed by atoms with Crippen LogP contribution < -0.4 is 0 Å². The molecular weight excluding hydrogens is 456 g/mol. The van der Waals surface area contributed by atoms with Gasteiger partial charge in [-0.05, 0) is 50.9 Å². The molecule has 2 heterocycles. The molecule has 0 bridgehead atoms. The standard InChI is InChI=1S/C34H20OS/c1-2-10-21(11-3-1)31-22-12-4-6-14-24(22)32(25-15-7-5-13-23(25)31)28-20-30-33(27-18-19-35-34(27)28)26-16-8-9-17-29(26)36-30/h1-20H. The van der Waals surface area contributed by atoms with Crippen LogP contribution in [0.1, 0.15) is 0 Å². The smallest absolute Gasteiger partial charge is 0.142 e. The van der Waals surface area contributed by atoms with Gasteiger partial charge < -0.3 is 4.42 Å². The Balaban J connectivity index is 1.58. The van der Waals surface area contributed by atoms with Crippen molar-refractivity contribution in [1.29, 1.82) is 0 Å². The lowest BCUT2D eigenvalue weighted by Crippen LogP contribution is -1.91. The molecular formula is C34H20OS. The molecule has 8 aromatic rings. The molecule has 0 amide bonds. The molecule has 0 N–H and O–H groups in total. The number of hydrogen-bond donors (Lipinski definition) is 0. The van der Waals surface area contributed by atoms with Gasteiger partial charge in [-0.25, -0.2) is 0 Å². The van der Waals surface area contributed by atoms with Gasteiger partial charge in [0, 0.05) is 36.7 Å². The molecule has 0 radical (unpaired) electrons. The SMILES string of the molecule is c1ccc(-c2c3ccccc3c(-c3cc4sc5ccccc5c4c4ccoc34)c3ccccc23)cc1. The van der Waals surface area contributed by atoms with Crippen molar-refractivity contribution < 1.29 is 4.42 Å². The summed E-state index contributed by atoms with van der Waals surface area (Å²) in [6.45, 7) is 0. The van der Waals surface area contributed by atoms with Gasteiger partial charge >= 0.3 is 0 Å². The lowest BCUT2D eigenvalue weighted by molar-refractivity contribution is 0.617. The zero-order chi connectivity index (χ0) is 23.6. The Bertz CT molecular complexity index is 2040. The zero-order valence-corrected chi connectivity index (χ0v) is 20.2. The average molecular weight is 477 g/mol. The molecule has 168 valence electrons. The van der Waals surface area contributed by atoms with Gasteiger partial charge in [0.1, 0.15) is 5.58 Å². The molecule has 0 atom stereocenters. The predicted octanol–water partition coefficient (Wildman–Crippen LogP) is 10.4. The van der Waals surface area contributed by atoms with Crippen LogP contribution in [0.5, 0.6) is 0 Å². The minimum absolute atomic E-state index is 0.953. The Labute approximate surface area is 211 Å². The number of hydrogen-bond acceptors (Lipinski definition) is 2. The highest BCUT2D eigenvalue weighted by molar-refractivity contribution is 7.26. The quantitative estimate of drug-likeness (QED) is 0.226. The van der Waals surface area contributed by atoms with Crippen LogP contribution in [0.2, 0.25) is 0 Å². The first-order valence-electron chi connectivity index (χ1n) is 12.2. The fourth-order valence-corrected chi connectivity index (χ4v) is 7.04. The predicted molar refractivity (Wildman–Crippen MR) is 155 cm³/mol. The second-order valence-corrected chi connectivity index (χ2v) is 10.3. The van der Waals surface area contributed by atoms with Crippen molar-refractivity contribution in [3.63, 3.8) is 0 Å². The Morgan fingerprint density at radius 3 is 1.75 bits per heavy atom. The molecule has 0 aliphatic rings. The van der Waals surface area contributed by atoms with E-state index >= 15 is 0 Å². The highest BCUT2D eigenvalue weighted by atomic mass is 32.1. The van der Waals surface area contributed by atoms with Crippen LogP contribution >= 0.6 is 11.3 Å². The Morgan fingerprint density at radius 2 is 1.06 bits per heavy atom. The second-order valence-electron chi connectivity index (χ2n) is 9.27. The minimum Gasteiger partial charge on any atom is -0.464 e. The fourth-order valence-electron chi connectivity index (χ4n) is 5.88. The minimum atomic E-state index is 0.953. The maximum Gasteiger partial charge on any atom is 0.142 e. The topological polar surface area (TPSA) is 13.1 Å². The first-order valence-corrected chi connectivity index (χ1v) is 13.0. The molecule has 0 aliphatic heterocycles. The molecule has 8 rings (SSSR count). The summed E-state index contributed by atoms with van der Waals surface area (Å²) in [5.41, 5.74) is 5.86. The normalized spacial score (nSPS) is 11.9. The van der Waals surface area contributed by atoms with E-state index in [1.165, 1.54) is 63.8 Å². The van der Waals surface area contributed by atoms with Gasteiger partial charge in [0.2, 0.25) is 0 Å². The molecule has 0 saturated carbocycles. The Kier molecular flexibility index (Phi) is 4.16. The van der Waals surface area contributed by atoms with Crippen molar-refractivity contribution in [3.8, 4) is 22.3 Å². The largest absolute Gasteiger partial charge is 0.464 e. The van der Waals surface area contributed by atoms with E-state index < -0.39 is 0 Å². The van der Waals surface area contributed by atoms with E-state index in [2.05, 4.69) is 115 Å². The van der Waals surface area contributed by atoms with E-state index in [-0.39, 0.29) is 0 Å². The van der Waals surface area contributed by atoms with Crippen LogP contribution in [0.25, 0.3) is 74.9 Å². The summed E-state index contributed by atoms with van der Waals surface area (Å²) in [7, 11) is 0. The third-order valence-corrected chi connectivity index (χ3v) is 8.46. The van der Waals surface area contributed by atoms with E-state index in [0.717, 1.165) is 11.1 Å². The molecule has 1 nitrogen and oxygen atoms in total. The van der Waals surface area contributed by atoms with Crippen molar-refractivity contribution in [3.05, 3.63) is 122 Å². The van der Waals surface area contributed by atoms with E-state index in [4.69, 9.17) is 4.42 Å². The zero-order valence-electron chi connectivity index (χ0n) is 19.4. The van der Waals surface area contributed by atoms with Crippen molar-refractivity contribution in [1.82, 2.24) is 0 Å². The molecule has 0 fully saturated rings. The number of thiophene rings is 1. The monoisotopic (exact) mass is 476 g/mol. The van der Waals surface area contributed by atoms with Gasteiger partial charge in [0.25, 0.3) is 0 Å². The van der Waals surface area contributed by atoms with Gasteiger partial charge in [-0.2, -0.15) is 0 Å². The third kappa shape index (κ3) is 2.71. The van der Waals surface area contributed by atoms with Gasteiger partial charge in [-0.1, -0.05) is 97.1 Å². The molecule has 6 aromatic carbocycles. The maximum atomic E-state index is 6.25. The maximum absolute atomic E-state index is 6.25. The highest BCUT2D eigenvalue weighted by Crippen LogP contribution is 2.48. The van der Waals surface area contributed by atoms with Crippen LogP contribution in [-0.4, -0.2) is 0 Å². The van der Waals surface area contributed by atoms with Crippen LogP contribution in [0, 0.1) is 0 Å². The number of rotatable bonds is 2. The molecule has 0 saturated heterocycles. The first-order chi connectivity index (χ1) is 17.9. The van der Waals surface area contributed by atoms with E-state index in [1.807, 2.05) is 17.6 Å². The third-order valence-electron chi connectivity index (χ3n) is 7.34. The van der Waals surface area contributed by atoms with E-state index in [0.29, 0.717) is 0 Å². The summed E-state index contributed by atoms with van der Waals surface area (Å²) in [4.78, 5) is 0. The number of furan rings is 1. The van der Waals surface area contributed by atoms with Gasteiger partial charge in [-0.15, -0.1) is 11.3 Å². The fraction of sp³-hybridized carbons (Fsp3) is 0. The lowest BCUT2D eigenvalue weighted by atomic mass is 9.85. The first kappa shape index (κ1) is 19.9. The number of benzene rings is 6. The van der Waals surface area contributed by atoms with Crippen LogP contribution in [0.3, 0.4) is 0 Å². The van der Waals surface area contributed by atoms with Crippen LogP contribution in [0.15, 0.2) is 126 Å². The summed E-state index contributed by atoms with van der Waals surface area (Å²) >= 11 is 1.86. The Hall–Kier alpha value is -4.40. The summed E-state index contributed by atoms with van der Waals surface area (Å²) < 4.78 is 8.85. The van der Waals surface area contributed by atoms with E-state index in [9.17, 15) is 0 Å². The summed E-state index contributed by atoms with van der Waals surface area (Å²) in [6, 6.07) is 41.5. The van der Waals surface area contributed by atoms with Crippen molar-refractivity contribution >= 4 is 64.0 Å². The van der Waals surface area contributed by atoms with Gasteiger partial charge in [-0.3, -0.25) is 0 Å². The Morgan fingerprint density at radius 1 is 0.472 bits per heavy atom. The second kappa shape index (κ2) is 7.55. The highest BCUT2D eigenvalue weighted by Gasteiger charge is 2.21. The van der Waals surface area contributed by atoms with Gasteiger partial charge in [0.05, 0.1) is 6.26 Å². The molecule has 0 spiro atoms. The summed E-state index contributed by atoms with van der Waals surface area (Å²) in [5, 5.41) is 8.77. The van der Waals surface area contributed by atoms with Crippen molar-refractivity contribution in [2.45, 2.75) is 0 Å². The molecule has 36 heavy (non-hydrogen) atoms. The summed E-state index contributed by atoms with van der Waals surface area (Å²) in [6.07, 6.45) is 1.84. The van der Waals surface area contributed by atoms with Gasteiger partial charge in [0.15, 0.2) is 0 Å². The number of fused-ring (bicyclic) bond motifs is 7. The average Bonchev–Trinajstić information content (AvgIpc) is 3.56. The molecule has 0 aliphatic carbocycles. The summed E-state index contributed by atoms with van der Waals surface area (Å²) in [5.74, 6) is 0.